The Morgan fingerprint density at radius 3 is 2.60 bits per heavy atom. The van der Waals surface area contributed by atoms with Crippen molar-refractivity contribution in [2.45, 2.75) is 32.2 Å². The van der Waals surface area contributed by atoms with Crippen LogP contribution in [0.15, 0.2) is 18.2 Å². The van der Waals surface area contributed by atoms with Crippen molar-refractivity contribution >= 4 is 0 Å². The van der Waals surface area contributed by atoms with Gasteiger partial charge in [0.05, 0.1) is 19.1 Å². The maximum atomic E-state index is 13.3. The molecule has 1 aromatic carbocycles. The van der Waals surface area contributed by atoms with Crippen LogP contribution in [-0.2, 0) is 0 Å². The third-order valence-electron chi connectivity index (χ3n) is 4.03. The lowest BCUT2D eigenvalue weighted by molar-refractivity contribution is 0.170. The van der Waals surface area contributed by atoms with Gasteiger partial charge in [-0.25, -0.2) is 4.39 Å². The molecule has 4 heteroatoms. The maximum absolute atomic E-state index is 13.3. The van der Waals surface area contributed by atoms with E-state index in [-0.39, 0.29) is 23.2 Å². The number of nitriles is 1. The van der Waals surface area contributed by atoms with Crippen LogP contribution in [0.3, 0.4) is 0 Å². The van der Waals surface area contributed by atoms with Crippen LogP contribution in [0.25, 0.3) is 0 Å². The number of likely N-dealkylation sites (tertiary alicyclic amines) is 1. The van der Waals surface area contributed by atoms with Gasteiger partial charge in [-0.3, -0.25) is 4.90 Å². The summed E-state index contributed by atoms with van der Waals surface area (Å²) in [6, 6.07) is 6.96. The Kier molecular flexibility index (Phi) is 4.01. The van der Waals surface area contributed by atoms with Gasteiger partial charge < -0.3 is 4.74 Å². The van der Waals surface area contributed by atoms with E-state index in [4.69, 9.17) is 4.74 Å². The first-order valence-electron chi connectivity index (χ1n) is 6.85. The molecule has 2 rings (SSSR count). The molecular weight excluding hydrogens is 255 g/mol. The van der Waals surface area contributed by atoms with Crippen molar-refractivity contribution in [3.05, 3.63) is 29.6 Å². The molecule has 1 saturated heterocycles. The Morgan fingerprint density at radius 2 is 2.05 bits per heavy atom. The number of methoxy groups -OCH3 is 1. The molecule has 1 aromatic rings. The molecule has 1 aliphatic heterocycles. The van der Waals surface area contributed by atoms with Gasteiger partial charge in [0.1, 0.15) is 11.6 Å². The second-order valence-corrected chi connectivity index (χ2v) is 6.30. The van der Waals surface area contributed by atoms with Crippen molar-refractivity contribution in [2.75, 3.05) is 20.2 Å². The molecule has 20 heavy (non-hydrogen) atoms. The standard InChI is InChI=1S/C16H21FN2O/c1-16(2,3)19-9-11(8-18)14(10-19)13-6-5-12(17)7-15(13)20-4/h5-7,11,14H,9-10H2,1-4H3/t11-,14-/m1/s1. The number of ether oxygens (including phenoxy) is 1. The SMILES string of the molecule is COc1cc(F)ccc1[C@@H]1CN(C(C)(C)C)C[C@H]1C#N. The Balaban J connectivity index is 2.35. The van der Waals surface area contributed by atoms with Crippen LogP contribution in [0.2, 0.25) is 0 Å². The first-order valence-corrected chi connectivity index (χ1v) is 6.85. The molecule has 0 amide bonds. The highest BCUT2D eigenvalue weighted by Crippen LogP contribution is 2.39. The topological polar surface area (TPSA) is 36.3 Å². The number of benzene rings is 1. The van der Waals surface area contributed by atoms with Gasteiger partial charge in [-0.05, 0) is 26.8 Å². The van der Waals surface area contributed by atoms with E-state index in [0.717, 1.165) is 18.7 Å². The summed E-state index contributed by atoms with van der Waals surface area (Å²) < 4.78 is 18.6. The number of nitrogens with zero attached hydrogens (tertiary/aromatic N) is 2. The lowest BCUT2D eigenvalue weighted by atomic mass is 9.89. The Morgan fingerprint density at radius 1 is 1.35 bits per heavy atom. The molecule has 1 aliphatic rings. The van der Waals surface area contributed by atoms with Crippen LogP contribution in [0.5, 0.6) is 5.75 Å². The van der Waals surface area contributed by atoms with Crippen molar-refractivity contribution in [1.29, 1.82) is 5.26 Å². The number of hydrogen-bond donors (Lipinski definition) is 0. The molecule has 0 bridgehead atoms. The fraction of sp³-hybridized carbons (Fsp3) is 0.562. The number of halogens is 1. The Labute approximate surface area is 120 Å². The fourth-order valence-electron chi connectivity index (χ4n) is 2.79. The summed E-state index contributed by atoms with van der Waals surface area (Å²) in [5.74, 6) is 0.194. The number of hydrogen-bond acceptors (Lipinski definition) is 3. The van der Waals surface area contributed by atoms with Gasteiger partial charge in [-0.1, -0.05) is 6.07 Å². The summed E-state index contributed by atoms with van der Waals surface area (Å²) in [5, 5.41) is 9.41. The van der Waals surface area contributed by atoms with Crippen LogP contribution in [0.1, 0.15) is 32.3 Å². The van der Waals surface area contributed by atoms with Gasteiger partial charge in [0, 0.05) is 36.2 Å². The molecule has 0 unspecified atom stereocenters. The molecule has 0 spiro atoms. The molecule has 2 atom stereocenters. The predicted molar refractivity (Wildman–Crippen MR) is 76.1 cm³/mol. The van der Waals surface area contributed by atoms with Crippen LogP contribution in [-0.4, -0.2) is 30.6 Å². The van der Waals surface area contributed by atoms with Crippen molar-refractivity contribution < 1.29 is 9.13 Å². The largest absolute Gasteiger partial charge is 0.496 e. The van der Waals surface area contributed by atoms with Crippen molar-refractivity contribution in [2.24, 2.45) is 5.92 Å². The zero-order valence-electron chi connectivity index (χ0n) is 12.5. The molecular formula is C16H21FN2O. The van der Waals surface area contributed by atoms with Crippen LogP contribution in [0.4, 0.5) is 4.39 Å². The molecule has 0 aliphatic carbocycles. The fourth-order valence-corrected chi connectivity index (χ4v) is 2.79. The van der Waals surface area contributed by atoms with Gasteiger partial charge in [0.2, 0.25) is 0 Å². The van der Waals surface area contributed by atoms with Crippen molar-refractivity contribution in [3.8, 4) is 11.8 Å². The highest BCUT2D eigenvalue weighted by molar-refractivity contribution is 5.39. The van der Waals surface area contributed by atoms with E-state index in [0.29, 0.717) is 5.75 Å². The second kappa shape index (κ2) is 5.41. The smallest absolute Gasteiger partial charge is 0.126 e. The monoisotopic (exact) mass is 276 g/mol. The normalized spacial score (nSPS) is 23.6. The van der Waals surface area contributed by atoms with E-state index in [1.165, 1.54) is 19.2 Å². The van der Waals surface area contributed by atoms with Gasteiger partial charge in [0.25, 0.3) is 0 Å². The average molecular weight is 276 g/mol. The maximum Gasteiger partial charge on any atom is 0.126 e. The third-order valence-corrected chi connectivity index (χ3v) is 4.03. The quantitative estimate of drug-likeness (QED) is 0.832. The molecule has 0 aromatic heterocycles. The molecule has 0 saturated carbocycles. The minimum absolute atomic E-state index is 0.0249. The summed E-state index contributed by atoms with van der Waals surface area (Å²) in [5.41, 5.74) is 0.948. The van der Waals surface area contributed by atoms with E-state index in [1.54, 1.807) is 6.07 Å². The van der Waals surface area contributed by atoms with E-state index in [9.17, 15) is 9.65 Å². The van der Waals surface area contributed by atoms with Gasteiger partial charge in [0.15, 0.2) is 0 Å². The van der Waals surface area contributed by atoms with E-state index in [1.807, 2.05) is 0 Å². The summed E-state index contributed by atoms with van der Waals surface area (Å²) in [4.78, 5) is 2.30. The van der Waals surface area contributed by atoms with Gasteiger partial charge >= 0.3 is 0 Å². The van der Waals surface area contributed by atoms with Gasteiger partial charge in [-0.2, -0.15) is 5.26 Å². The molecule has 108 valence electrons. The lowest BCUT2D eigenvalue weighted by Gasteiger charge is -2.31. The van der Waals surface area contributed by atoms with Crippen molar-refractivity contribution in [3.63, 3.8) is 0 Å². The summed E-state index contributed by atoms with van der Waals surface area (Å²) >= 11 is 0. The first-order chi connectivity index (χ1) is 9.36. The minimum Gasteiger partial charge on any atom is -0.496 e. The summed E-state index contributed by atoms with van der Waals surface area (Å²) in [6.45, 7) is 7.97. The van der Waals surface area contributed by atoms with E-state index in [2.05, 4.69) is 31.7 Å². The van der Waals surface area contributed by atoms with Crippen molar-refractivity contribution in [1.82, 2.24) is 4.90 Å². The third kappa shape index (κ3) is 2.78. The minimum atomic E-state index is -0.315. The Bertz CT molecular complexity index is 530. The second-order valence-electron chi connectivity index (χ2n) is 6.30. The molecule has 0 N–H and O–H groups in total. The van der Waals surface area contributed by atoms with Gasteiger partial charge in [-0.15, -0.1) is 0 Å². The van der Waals surface area contributed by atoms with Crippen LogP contribution in [0, 0.1) is 23.1 Å². The average Bonchev–Trinajstić information content (AvgIpc) is 2.82. The summed E-state index contributed by atoms with van der Waals surface area (Å²) in [7, 11) is 1.54. The number of rotatable bonds is 2. The van der Waals surface area contributed by atoms with Crippen LogP contribution < -0.4 is 4.74 Å². The van der Waals surface area contributed by atoms with Crippen LogP contribution >= 0.6 is 0 Å². The highest BCUT2D eigenvalue weighted by Gasteiger charge is 2.39. The predicted octanol–water partition coefficient (Wildman–Crippen LogP) is 3.17. The Hall–Kier alpha value is -1.60. The summed E-state index contributed by atoms with van der Waals surface area (Å²) in [6.07, 6.45) is 0. The van der Waals surface area contributed by atoms with E-state index < -0.39 is 0 Å². The lowest BCUT2D eigenvalue weighted by Crippen LogP contribution is -2.39. The zero-order valence-corrected chi connectivity index (χ0v) is 12.5. The highest BCUT2D eigenvalue weighted by atomic mass is 19.1. The zero-order chi connectivity index (χ0) is 14.9. The molecule has 0 radical (unpaired) electrons. The molecule has 3 nitrogen and oxygen atoms in total. The molecule has 1 fully saturated rings. The van der Waals surface area contributed by atoms with E-state index >= 15 is 0 Å². The first kappa shape index (κ1) is 14.8. The molecule has 1 heterocycles.